The zero-order chi connectivity index (χ0) is 19.2. The summed E-state index contributed by atoms with van der Waals surface area (Å²) in [6.45, 7) is 9.79. The number of nitrogens with zero attached hydrogens (tertiary/aromatic N) is 2. The molecular formula is C20H37IN4O2. The fourth-order valence-corrected chi connectivity index (χ4v) is 2.95. The van der Waals surface area contributed by atoms with Gasteiger partial charge in [-0.1, -0.05) is 19.9 Å². The van der Waals surface area contributed by atoms with Crippen LogP contribution >= 0.6 is 24.0 Å². The molecule has 1 aromatic rings. The number of nitrogens with one attached hydrogen (secondary N) is 2. The number of aliphatic hydroxyl groups is 1. The molecule has 0 aromatic carbocycles. The molecule has 1 rings (SSSR count). The third kappa shape index (κ3) is 12.1. The maximum absolute atomic E-state index is 11.7. The van der Waals surface area contributed by atoms with E-state index in [2.05, 4.69) is 36.4 Å². The molecule has 1 unspecified atom stereocenters. The van der Waals surface area contributed by atoms with Crippen LogP contribution in [-0.4, -0.2) is 41.9 Å². The lowest BCUT2D eigenvalue weighted by atomic mass is 9.94. The lowest BCUT2D eigenvalue weighted by molar-refractivity contribution is 0.245. The highest BCUT2D eigenvalue weighted by molar-refractivity contribution is 14.0. The number of aromatic nitrogens is 1. The van der Waals surface area contributed by atoms with Gasteiger partial charge in [0.05, 0.1) is 0 Å². The second-order valence-corrected chi connectivity index (χ2v) is 7.09. The van der Waals surface area contributed by atoms with E-state index in [1.807, 2.05) is 12.3 Å². The Morgan fingerprint density at radius 2 is 2.04 bits per heavy atom. The van der Waals surface area contributed by atoms with E-state index in [1.54, 1.807) is 16.7 Å². The zero-order valence-corrected chi connectivity index (χ0v) is 19.3. The van der Waals surface area contributed by atoms with Gasteiger partial charge in [0.25, 0.3) is 0 Å². The molecule has 0 spiro atoms. The minimum atomic E-state index is 0. The number of guanidine groups is 1. The Bertz CT molecular complexity index is 575. The molecule has 0 saturated heterocycles. The van der Waals surface area contributed by atoms with Crippen LogP contribution in [0.5, 0.6) is 0 Å². The molecule has 0 aliphatic carbocycles. The molecular weight excluding hydrogens is 455 g/mol. The first-order valence-corrected chi connectivity index (χ1v) is 9.85. The molecule has 1 aromatic heterocycles. The van der Waals surface area contributed by atoms with E-state index in [4.69, 9.17) is 0 Å². The van der Waals surface area contributed by atoms with E-state index in [-0.39, 0.29) is 36.1 Å². The molecule has 1 atom stereocenters. The van der Waals surface area contributed by atoms with Crippen molar-refractivity contribution in [1.82, 2.24) is 15.2 Å². The van der Waals surface area contributed by atoms with Crippen molar-refractivity contribution in [2.75, 3.05) is 26.2 Å². The van der Waals surface area contributed by atoms with E-state index >= 15 is 0 Å². The maximum atomic E-state index is 11.7. The molecule has 0 amide bonds. The molecule has 27 heavy (non-hydrogen) atoms. The van der Waals surface area contributed by atoms with Gasteiger partial charge in [-0.15, -0.1) is 24.0 Å². The van der Waals surface area contributed by atoms with E-state index in [1.165, 1.54) is 0 Å². The summed E-state index contributed by atoms with van der Waals surface area (Å²) in [6.07, 6.45) is 5.62. The Morgan fingerprint density at radius 1 is 1.26 bits per heavy atom. The first-order valence-electron chi connectivity index (χ1n) is 9.85. The van der Waals surface area contributed by atoms with Gasteiger partial charge in [-0.25, -0.2) is 0 Å². The topological polar surface area (TPSA) is 78.7 Å². The molecule has 0 radical (unpaired) electrons. The summed E-state index contributed by atoms with van der Waals surface area (Å²) in [5, 5.41) is 15.9. The monoisotopic (exact) mass is 492 g/mol. The average Bonchev–Trinajstić information content (AvgIpc) is 2.60. The summed E-state index contributed by atoms with van der Waals surface area (Å²) in [4.78, 5) is 16.3. The number of hydrogen-bond acceptors (Lipinski definition) is 3. The van der Waals surface area contributed by atoms with Crippen molar-refractivity contribution in [1.29, 1.82) is 0 Å². The Labute approximate surface area is 180 Å². The fraction of sp³-hybridized carbons (Fsp3) is 0.700. The van der Waals surface area contributed by atoms with E-state index < -0.39 is 0 Å². The predicted octanol–water partition coefficient (Wildman–Crippen LogP) is 2.85. The minimum absolute atomic E-state index is 0. The molecule has 0 saturated carbocycles. The van der Waals surface area contributed by atoms with Gasteiger partial charge in [0.15, 0.2) is 5.96 Å². The molecule has 3 N–H and O–H groups in total. The number of pyridine rings is 1. The summed E-state index contributed by atoms with van der Waals surface area (Å²) in [5.74, 6) is 1.86. The number of unbranched alkanes of at least 4 members (excludes halogenated alkanes) is 1. The van der Waals surface area contributed by atoms with E-state index in [0.717, 1.165) is 57.8 Å². The van der Waals surface area contributed by atoms with Crippen molar-refractivity contribution < 1.29 is 5.11 Å². The van der Waals surface area contributed by atoms with E-state index in [0.29, 0.717) is 11.8 Å². The smallest absolute Gasteiger partial charge is 0.250 e. The Morgan fingerprint density at radius 3 is 2.67 bits per heavy atom. The minimum Gasteiger partial charge on any atom is -0.396 e. The van der Waals surface area contributed by atoms with Crippen LogP contribution in [0.15, 0.2) is 34.2 Å². The summed E-state index contributed by atoms with van der Waals surface area (Å²) in [5.41, 5.74) is 0.0513. The highest BCUT2D eigenvalue weighted by Gasteiger charge is 2.10. The third-order valence-electron chi connectivity index (χ3n) is 4.21. The average molecular weight is 492 g/mol. The maximum Gasteiger partial charge on any atom is 0.250 e. The Balaban J connectivity index is 0.00000676. The molecule has 0 aliphatic rings. The van der Waals surface area contributed by atoms with Crippen LogP contribution in [0.3, 0.4) is 0 Å². The highest BCUT2D eigenvalue weighted by Crippen LogP contribution is 2.15. The summed E-state index contributed by atoms with van der Waals surface area (Å²) < 4.78 is 1.74. The van der Waals surface area contributed by atoms with Crippen LogP contribution in [-0.2, 0) is 6.54 Å². The third-order valence-corrected chi connectivity index (χ3v) is 4.21. The number of rotatable bonds is 12. The van der Waals surface area contributed by atoms with Gasteiger partial charge in [0.2, 0.25) is 5.56 Å². The van der Waals surface area contributed by atoms with Gasteiger partial charge in [0.1, 0.15) is 0 Å². The molecule has 156 valence electrons. The van der Waals surface area contributed by atoms with E-state index in [9.17, 15) is 9.90 Å². The van der Waals surface area contributed by atoms with Crippen LogP contribution < -0.4 is 16.2 Å². The fourth-order valence-electron chi connectivity index (χ4n) is 2.95. The second-order valence-electron chi connectivity index (χ2n) is 7.09. The first-order chi connectivity index (χ1) is 12.6. The van der Waals surface area contributed by atoms with Crippen molar-refractivity contribution in [3.05, 3.63) is 34.7 Å². The summed E-state index contributed by atoms with van der Waals surface area (Å²) in [7, 11) is 0. The summed E-state index contributed by atoms with van der Waals surface area (Å²) >= 11 is 0. The van der Waals surface area contributed by atoms with Crippen molar-refractivity contribution >= 4 is 29.9 Å². The number of aryl methyl sites for hydroxylation is 1. The molecule has 0 fully saturated rings. The highest BCUT2D eigenvalue weighted by atomic mass is 127. The standard InChI is InChI=1S/C20H36N4O2.HI/c1-4-21-20(23-16-18(10-14-25)15-17(2)3)22-11-6-8-13-24-12-7-5-9-19(24)26;/h5,7,9,12,17-18,25H,4,6,8,10-11,13-16H2,1-3H3,(H2,21,22,23);1H. The molecule has 6 nitrogen and oxygen atoms in total. The van der Waals surface area contributed by atoms with Gasteiger partial charge < -0.3 is 20.3 Å². The van der Waals surface area contributed by atoms with Gasteiger partial charge >= 0.3 is 0 Å². The predicted molar refractivity (Wildman–Crippen MR) is 124 cm³/mol. The van der Waals surface area contributed by atoms with Gasteiger partial charge in [0, 0.05) is 45.0 Å². The number of halogens is 1. The Hall–Kier alpha value is -1.09. The normalized spacial score (nSPS) is 12.6. The van der Waals surface area contributed by atoms with Crippen LogP contribution in [0.4, 0.5) is 0 Å². The van der Waals surface area contributed by atoms with Gasteiger partial charge in [-0.3, -0.25) is 9.79 Å². The quantitative estimate of drug-likeness (QED) is 0.182. The van der Waals surface area contributed by atoms with Crippen molar-refractivity contribution in [3.63, 3.8) is 0 Å². The lowest BCUT2D eigenvalue weighted by Gasteiger charge is -2.17. The zero-order valence-electron chi connectivity index (χ0n) is 17.0. The van der Waals surface area contributed by atoms with Crippen LogP contribution in [0.25, 0.3) is 0 Å². The van der Waals surface area contributed by atoms with Crippen LogP contribution in [0.1, 0.15) is 46.5 Å². The molecule has 1 heterocycles. The van der Waals surface area contributed by atoms with Crippen LogP contribution in [0.2, 0.25) is 0 Å². The van der Waals surface area contributed by atoms with Crippen LogP contribution in [0, 0.1) is 11.8 Å². The second kappa shape index (κ2) is 15.9. The number of aliphatic imine (C=N–C) groups is 1. The number of hydrogen-bond donors (Lipinski definition) is 3. The summed E-state index contributed by atoms with van der Waals surface area (Å²) in [6, 6.07) is 5.24. The first kappa shape index (κ1) is 25.9. The van der Waals surface area contributed by atoms with Gasteiger partial charge in [-0.05, 0) is 50.5 Å². The molecule has 7 heteroatoms. The largest absolute Gasteiger partial charge is 0.396 e. The number of aliphatic hydroxyl groups excluding tert-OH is 1. The molecule has 0 aliphatic heterocycles. The molecule has 0 bridgehead atoms. The van der Waals surface area contributed by atoms with Crippen molar-refractivity contribution in [2.45, 2.75) is 53.0 Å². The SMILES string of the molecule is CCNC(=NCC(CCO)CC(C)C)NCCCCn1ccccc1=O.I. The Kier molecular flexibility index (Phi) is 15.3. The van der Waals surface area contributed by atoms with Gasteiger partial charge in [-0.2, -0.15) is 0 Å². The van der Waals surface area contributed by atoms with Crippen molar-refractivity contribution in [3.8, 4) is 0 Å². The lowest BCUT2D eigenvalue weighted by Crippen LogP contribution is -2.38. The van der Waals surface area contributed by atoms with Crippen molar-refractivity contribution in [2.24, 2.45) is 16.8 Å².